The lowest BCUT2D eigenvalue weighted by atomic mass is 10.0. The Bertz CT molecular complexity index is 542. The average Bonchev–Trinajstić information content (AvgIpc) is 2.72. The van der Waals surface area contributed by atoms with Gasteiger partial charge in [0.05, 0.1) is 12.6 Å². The van der Waals surface area contributed by atoms with Gasteiger partial charge in [0.15, 0.2) is 0 Å². The highest BCUT2D eigenvalue weighted by Gasteiger charge is 2.22. The first-order valence-corrected chi connectivity index (χ1v) is 7.71. The molecule has 0 saturated carbocycles. The van der Waals surface area contributed by atoms with Crippen molar-refractivity contribution < 1.29 is 9.90 Å². The lowest BCUT2D eigenvalue weighted by Crippen LogP contribution is -2.32. The molecule has 0 aromatic heterocycles. The van der Waals surface area contributed by atoms with Crippen LogP contribution in [0.2, 0.25) is 0 Å². The summed E-state index contributed by atoms with van der Waals surface area (Å²) in [5, 5.41) is 8.77. The Kier molecular flexibility index (Phi) is 5.83. The molecule has 1 unspecified atom stereocenters. The number of aliphatic hydroxyl groups is 1. The van der Waals surface area contributed by atoms with E-state index in [4.69, 9.17) is 5.11 Å². The van der Waals surface area contributed by atoms with E-state index in [0.717, 1.165) is 36.9 Å². The second-order valence-corrected chi connectivity index (χ2v) is 5.47. The SMILES string of the molecule is CC(c1cccc(C#CCCO)c1)N1CCCCCC1=O. The molecule has 3 nitrogen and oxygen atoms in total. The van der Waals surface area contributed by atoms with Crippen molar-refractivity contribution in [2.45, 2.75) is 45.1 Å². The van der Waals surface area contributed by atoms with Crippen molar-refractivity contribution >= 4 is 5.91 Å². The molecule has 1 heterocycles. The molecule has 1 N–H and O–H groups in total. The van der Waals surface area contributed by atoms with Crippen LogP contribution < -0.4 is 0 Å². The average molecular weight is 285 g/mol. The second kappa shape index (κ2) is 7.85. The zero-order valence-corrected chi connectivity index (χ0v) is 12.6. The standard InChI is InChI=1S/C18H23NO2/c1-15(19-12-5-2-3-11-18(19)21)17-10-7-9-16(14-17)8-4-6-13-20/h7,9-10,14-15,20H,2-3,5-6,11-13H2,1H3. The molecular weight excluding hydrogens is 262 g/mol. The Morgan fingerprint density at radius 1 is 1.33 bits per heavy atom. The van der Waals surface area contributed by atoms with Crippen LogP contribution in [0.4, 0.5) is 0 Å². The Hall–Kier alpha value is -1.79. The van der Waals surface area contributed by atoms with Gasteiger partial charge in [0.25, 0.3) is 0 Å². The molecule has 2 rings (SSSR count). The summed E-state index contributed by atoms with van der Waals surface area (Å²) in [4.78, 5) is 14.2. The Balaban J connectivity index is 2.15. The topological polar surface area (TPSA) is 40.5 Å². The van der Waals surface area contributed by atoms with E-state index in [9.17, 15) is 4.79 Å². The molecular formula is C18H23NO2. The minimum atomic E-state index is 0.0887. The minimum absolute atomic E-state index is 0.0887. The van der Waals surface area contributed by atoms with E-state index in [1.165, 1.54) is 0 Å². The van der Waals surface area contributed by atoms with Crippen molar-refractivity contribution in [3.63, 3.8) is 0 Å². The van der Waals surface area contributed by atoms with Crippen LogP contribution in [0, 0.1) is 11.8 Å². The maximum atomic E-state index is 12.2. The molecule has 1 saturated heterocycles. The molecule has 1 fully saturated rings. The number of carbonyl (C=O) groups is 1. The van der Waals surface area contributed by atoms with Gasteiger partial charge in [-0.2, -0.15) is 0 Å². The first-order valence-electron chi connectivity index (χ1n) is 7.71. The number of carbonyl (C=O) groups excluding carboxylic acids is 1. The molecule has 1 aromatic carbocycles. The van der Waals surface area contributed by atoms with E-state index in [1.54, 1.807) is 0 Å². The highest BCUT2D eigenvalue weighted by Crippen LogP contribution is 2.25. The summed E-state index contributed by atoms with van der Waals surface area (Å²) in [5.74, 6) is 6.25. The van der Waals surface area contributed by atoms with Gasteiger partial charge in [-0.15, -0.1) is 0 Å². The third-order valence-electron chi connectivity index (χ3n) is 3.92. The largest absolute Gasteiger partial charge is 0.395 e. The Morgan fingerprint density at radius 3 is 3.00 bits per heavy atom. The molecule has 1 aliphatic rings. The van der Waals surface area contributed by atoms with Crippen molar-refractivity contribution in [2.75, 3.05) is 13.2 Å². The third-order valence-corrected chi connectivity index (χ3v) is 3.92. The number of hydrogen-bond donors (Lipinski definition) is 1. The quantitative estimate of drug-likeness (QED) is 0.868. The zero-order chi connectivity index (χ0) is 15.1. The van der Waals surface area contributed by atoms with Gasteiger partial charge in [0.2, 0.25) is 5.91 Å². The fraction of sp³-hybridized carbons (Fsp3) is 0.500. The van der Waals surface area contributed by atoms with E-state index in [-0.39, 0.29) is 18.6 Å². The maximum Gasteiger partial charge on any atom is 0.223 e. The molecule has 1 atom stereocenters. The summed E-state index contributed by atoms with van der Waals surface area (Å²) >= 11 is 0. The van der Waals surface area contributed by atoms with Gasteiger partial charge < -0.3 is 10.0 Å². The zero-order valence-electron chi connectivity index (χ0n) is 12.6. The lowest BCUT2D eigenvalue weighted by molar-refractivity contribution is -0.132. The Labute approximate surface area is 127 Å². The fourth-order valence-corrected chi connectivity index (χ4v) is 2.69. The van der Waals surface area contributed by atoms with E-state index < -0.39 is 0 Å². The van der Waals surface area contributed by atoms with Crippen molar-refractivity contribution in [1.29, 1.82) is 0 Å². The molecule has 21 heavy (non-hydrogen) atoms. The van der Waals surface area contributed by atoms with Gasteiger partial charge in [-0.05, 0) is 37.5 Å². The summed E-state index contributed by atoms with van der Waals surface area (Å²) in [5.41, 5.74) is 2.07. The highest BCUT2D eigenvalue weighted by atomic mass is 16.2. The number of rotatable bonds is 3. The molecule has 0 bridgehead atoms. The highest BCUT2D eigenvalue weighted by molar-refractivity contribution is 5.76. The second-order valence-electron chi connectivity index (χ2n) is 5.47. The summed E-state index contributed by atoms with van der Waals surface area (Å²) < 4.78 is 0. The number of benzene rings is 1. The molecule has 1 aliphatic heterocycles. The number of likely N-dealkylation sites (tertiary alicyclic amines) is 1. The van der Waals surface area contributed by atoms with Crippen molar-refractivity contribution in [3.05, 3.63) is 35.4 Å². The maximum absolute atomic E-state index is 12.2. The fourth-order valence-electron chi connectivity index (χ4n) is 2.69. The molecule has 3 heteroatoms. The smallest absolute Gasteiger partial charge is 0.223 e. The van der Waals surface area contributed by atoms with Gasteiger partial charge >= 0.3 is 0 Å². The van der Waals surface area contributed by atoms with Crippen LogP contribution >= 0.6 is 0 Å². The normalized spacial score (nSPS) is 16.9. The van der Waals surface area contributed by atoms with E-state index >= 15 is 0 Å². The summed E-state index contributed by atoms with van der Waals surface area (Å²) in [7, 11) is 0. The monoisotopic (exact) mass is 285 g/mol. The van der Waals surface area contributed by atoms with E-state index in [0.29, 0.717) is 12.8 Å². The number of amides is 1. The van der Waals surface area contributed by atoms with Crippen molar-refractivity contribution in [2.24, 2.45) is 0 Å². The summed E-state index contributed by atoms with van der Waals surface area (Å²) in [6.07, 6.45) is 4.40. The first-order chi connectivity index (χ1) is 10.2. The van der Waals surface area contributed by atoms with E-state index in [2.05, 4.69) is 24.8 Å². The van der Waals surface area contributed by atoms with Gasteiger partial charge in [0.1, 0.15) is 0 Å². The van der Waals surface area contributed by atoms with Gasteiger partial charge in [-0.1, -0.05) is 30.4 Å². The van der Waals surface area contributed by atoms with Crippen molar-refractivity contribution in [1.82, 2.24) is 4.90 Å². The van der Waals surface area contributed by atoms with E-state index in [1.807, 2.05) is 23.1 Å². The molecule has 112 valence electrons. The molecule has 0 aliphatic carbocycles. The van der Waals surface area contributed by atoms with Crippen LogP contribution in [-0.4, -0.2) is 29.1 Å². The summed E-state index contributed by atoms with van der Waals surface area (Å²) in [6, 6.07) is 8.14. The predicted octanol–water partition coefficient (Wildman–Crippen LogP) is 2.88. The van der Waals surface area contributed by atoms with Crippen LogP contribution in [0.5, 0.6) is 0 Å². The molecule has 0 radical (unpaired) electrons. The number of aliphatic hydroxyl groups excluding tert-OH is 1. The minimum Gasteiger partial charge on any atom is -0.395 e. The van der Waals surface area contributed by atoms with Crippen LogP contribution in [0.3, 0.4) is 0 Å². The lowest BCUT2D eigenvalue weighted by Gasteiger charge is -2.28. The third kappa shape index (κ3) is 4.34. The Morgan fingerprint density at radius 2 is 2.19 bits per heavy atom. The van der Waals surface area contributed by atoms with Crippen LogP contribution in [0.15, 0.2) is 24.3 Å². The van der Waals surface area contributed by atoms with Gasteiger partial charge in [-0.3, -0.25) is 4.79 Å². The van der Waals surface area contributed by atoms with Crippen LogP contribution in [0.1, 0.15) is 56.2 Å². The predicted molar refractivity (Wildman–Crippen MR) is 83.6 cm³/mol. The van der Waals surface area contributed by atoms with Crippen LogP contribution in [-0.2, 0) is 4.79 Å². The van der Waals surface area contributed by atoms with Crippen LogP contribution in [0.25, 0.3) is 0 Å². The van der Waals surface area contributed by atoms with Gasteiger partial charge in [-0.25, -0.2) is 0 Å². The number of hydrogen-bond acceptors (Lipinski definition) is 2. The van der Waals surface area contributed by atoms with Crippen molar-refractivity contribution in [3.8, 4) is 11.8 Å². The molecule has 1 amide bonds. The number of nitrogens with zero attached hydrogens (tertiary/aromatic N) is 1. The molecule has 0 spiro atoms. The first kappa shape index (κ1) is 15.6. The summed E-state index contributed by atoms with van der Waals surface area (Å²) in [6.45, 7) is 3.02. The van der Waals surface area contributed by atoms with Gasteiger partial charge in [0, 0.05) is 24.9 Å². The molecule has 1 aromatic rings.